The maximum Gasteiger partial charge on any atom is 0.0578 e. The van der Waals surface area contributed by atoms with Gasteiger partial charge in [0.15, 0.2) is 0 Å². The van der Waals surface area contributed by atoms with Crippen LogP contribution in [0.1, 0.15) is 33.6 Å². The van der Waals surface area contributed by atoms with E-state index in [9.17, 15) is 5.11 Å². The zero-order chi connectivity index (χ0) is 11.7. The summed E-state index contributed by atoms with van der Waals surface area (Å²) in [5.74, 6) is 0.334. The summed E-state index contributed by atoms with van der Waals surface area (Å²) < 4.78 is 5.01. The summed E-state index contributed by atoms with van der Waals surface area (Å²) in [7, 11) is 1.70. The summed E-state index contributed by atoms with van der Waals surface area (Å²) in [6, 6.07) is 0. The van der Waals surface area contributed by atoms with Gasteiger partial charge >= 0.3 is 0 Å². The summed E-state index contributed by atoms with van der Waals surface area (Å²) in [6.07, 6.45) is 1.61. The minimum absolute atomic E-state index is 0.194. The molecule has 0 bridgehead atoms. The van der Waals surface area contributed by atoms with Crippen molar-refractivity contribution in [3.8, 4) is 0 Å². The lowest BCUT2D eigenvalue weighted by atomic mass is 9.98. The van der Waals surface area contributed by atoms with Crippen molar-refractivity contribution in [3.05, 3.63) is 0 Å². The zero-order valence-electron chi connectivity index (χ0n) is 10.7. The Morgan fingerprint density at radius 2 is 1.80 bits per heavy atom. The van der Waals surface area contributed by atoms with E-state index in [1.165, 1.54) is 0 Å². The van der Waals surface area contributed by atoms with Crippen LogP contribution in [0.4, 0.5) is 0 Å². The first-order valence-corrected chi connectivity index (χ1v) is 6.05. The van der Waals surface area contributed by atoms with Gasteiger partial charge in [0.2, 0.25) is 0 Å². The average molecular weight is 217 g/mol. The topological polar surface area (TPSA) is 32.7 Å². The Balaban J connectivity index is 3.66. The number of aliphatic hydroxyl groups excluding tert-OH is 1. The largest absolute Gasteiger partial charge is 0.393 e. The molecular weight excluding hydrogens is 190 g/mol. The van der Waals surface area contributed by atoms with Gasteiger partial charge in [-0.2, -0.15) is 0 Å². The van der Waals surface area contributed by atoms with E-state index in [4.69, 9.17) is 4.74 Å². The Kier molecular flexibility index (Phi) is 9.06. The maximum absolute atomic E-state index is 9.90. The Bertz CT molecular complexity index is 138. The van der Waals surface area contributed by atoms with Gasteiger partial charge in [-0.15, -0.1) is 0 Å². The summed E-state index contributed by atoms with van der Waals surface area (Å²) in [5, 5.41) is 9.90. The van der Waals surface area contributed by atoms with Crippen molar-refractivity contribution >= 4 is 0 Å². The zero-order valence-corrected chi connectivity index (χ0v) is 10.7. The van der Waals surface area contributed by atoms with E-state index >= 15 is 0 Å². The van der Waals surface area contributed by atoms with Crippen LogP contribution in [0.5, 0.6) is 0 Å². The Hall–Kier alpha value is -0.120. The van der Waals surface area contributed by atoms with Crippen molar-refractivity contribution in [2.24, 2.45) is 5.92 Å². The van der Waals surface area contributed by atoms with Crippen molar-refractivity contribution < 1.29 is 9.84 Å². The third-order valence-corrected chi connectivity index (χ3v) is 3.07. The van der Waals surface area contributed by atoms with Crippen LogP contribution < -0.4 is 0 Å². The Labute approximate surface area is 94.4 Å². The minimum Gasteiger partial charge on any atom is -0.393 e. The first-order valence-electron chi connectivity index (χ1n) is 6.05. The molecule has 1 N–H and O–H groups in total. The molecular formula is C12H27NO2. The van der Waals surface area contributed by atoms with Crippen LogP contribution in [0.15, 0.2) is 0 Å². The molecule has 0 rings (SSSR count). The van der Waals surface area contributed by atoms with Gasteiger partial charge in [0, 0.05) is 20.3 Å². The molecule has 3 heteroatoms. The molecule has 2 unspecified atom stereocenters. The molecule has 0 spiro atoms. The smallest absolute Gasteiger partial charge is 0.0578 e. The lowest BCUT2D eigenvalue weighted by Gasteiger charge is -2.23. The molecule has 0 aromatic rings. The minimum atomic E-state index is -0.194. The molecule has 0 fully saturated rings. The van der Waals surface area contributed by atoms with E-state index in [2.05, 4.69) is 25.7 Å². The van der Waals surface area contributed by atoms with E-state index in [0.717, 1.165) is 39.1 Å². The highest BCUT2D eigenvalue weighted by atomic mass is 16.5. The van der Waals surface area contributed by atoms with Crippen molar-refractivity contribution in [2.45, 2.75) is 39.7 Å². The van der Waals surface area contributed by atoms with E-state index in [-0.39, 0.29) is 6.10 Å². The highest BCUT2D eigenvalue weighted by Crippen LogP contribution is 2.12. The second-order valence-electron chi connectivity index (χ2n) is 4.14. The van der Waals surface area contributed by atoms with E-state index < -0.39 is 0 Å². The first kappa shape index (κ1) is 14.9. The third-order valence-electron chi connectivity index (χ3n) is 3.07. The summed E-state index contributed by atoms with van der Waals surface area (Å²) in [5.41, 5.74) is 0. The number of hydrogen-bond acceptors (Lipinski definition) is 3. The molecule has 0 radical (unpaired) electrons. The number of rotatable bonds is 9. The molecule has 0 aliphatic carbocycles. The highest BCUT2D eigenvalue weighted by molar-refractivity contribution is 4.66. The van der Waals surface area contributed by atoms with Gasteiger partial charge in [-0.25, -0.2) is 0 Å². The van der Waals surface area contributed by atoms with Crippen molar-refractivity contribution in [1.29, 1.82) is 0 Å². The molecule has 0 saturated carbocycles. The molecule has 92 valence electrons. The first-order chi connectivity index (χ1) is 7.15. The van der Waals surface area contributed by atoms with Crippen LogP contribution in [0.25, 0.3) is 0 Å². The third kappa shape index (κ3) is 6.88. The van der Waals surface area contributed by atoms with Crippen LogP contribution in [0.2, 0.25) is 0 Å². The molecule has 3 nitrogen and oxygen atoms in total. The van der Waals surface area contributed by atoms with Gasteiger partial charge in [0.25, 0.3) is 0 Å². The van der Waals surface area contributed by atoms with E-state index in [0.29, 0.717) is 5.92 Å². The van der Waals surface area contributed by atoms with Crippen LogP contribution in [-0.2, 0) is 4.74 Å². The van der Waals surface area contributed by atoms with Gasteiger partial charge in [-0.3, -0.25) is 0 Å². The number of methoxy groups -OCH3 is 1. The summed E-state index contributed by atoms with van der Waals surface area (Å²) >= 11 is 0. The lowest BCUT2D eigenvalue weighted by Crippen LogP contribution is -2.29. The molecule has 0 aliphatic rings. The highest BCUT2D eigenvalue weighted by Gasteiger charge is 2.14. The fraction of sp³-hybridized carbons (Fsp3) is 1.00. The van der Waals surface area contributed by atoms with Crippen LogP contribution in [-0.4, -0.2) is 49.5 Å². The van der Waals surface area contributed by atoms with Gasteiger partial charge in [-0.1, -0.05) is 20.8 Å². The lowest BCUT2D eigenvalue weighted by molar-refractivity contribution is 0.0727. The predicted octanol–water partition coefficient (Wildman–Crippen LogP) is 1.75. The maximum atomic E-state index is 9.90. The normalized spacial score (nSPS) is 15.6. The summed E-state index contributed by atoms with van der Waals surface area (Å²) in [4.78, 5) is 2.34. The van der Waals surface area contributed by atoms with Crippen molar-refractivity contribution in [2.75, 3.05) is 33.4 Å². The number of hydrogen-bond donors (Lipinski definition) is 1. The van der Waals surface area contributed by atoms with E-state index in [1.54, 1.807) is 7.11 Å². The molecule has 0 saturated heterocycles. The molecule has 0 aromatic carbocycles. The molecule has 0 amide bonds. The molecule has 0 aromatic heterocycles. The number of ether oxygens (including phenoxy) is 1. The number of aliphatic hydroxyl groups is 1. The van der Waals surface area contributed by atoms with Crippen LogP contribution >= 0.6 is 0 Å². The van der Waals surface area contributed by atoms with Crippen LogP contribution in [0.3, 0.4) is 0 Å². The fourth-order valence-electron chi connectivity index (χ4n) is 1.64. The van der Waals surface area contributed by atoms with E-state index in [1.807, 2.05) is 0 Å². The van der Waals surface area contributed by atoms with Gasteiger partial charge in [-0.05, 0) is 31.8 Å². The fourth-order valence-corrected chi connectivity index (χ4v) is 1.64. The molecule has 0 aliphatic heterocycles. The predicted molar refractivity (Wildman–Crippen MR) is 64.1 cm³/mol. The monoisotopic (exact) mass is 217 g/mol. The Morgan fingerprint density at radius 3 is 2.27 bits per heavy atom. The Morgan fingerprint density at radius 1 is 1.20 bits per heavy atom. The van der Waals surface area contributed by atoms with Crippen molar-refractivity contribution in [1.82, 2.24) is 4.90 Å². The standard InChI is InChI=1S/C12H27NO2/c1-5-13(6-2)9-7-12(14)11(3)8-10-15-4/h11-12,14H,5-10H2,1-4H3. The van der Waals surface area contributed by atoms with Crippen LogP contribution in [0, 0.1) is 5.92 Å². The molecule has 0 heterocycles. The van der Waals surface area contributed by atoms with Gasteiger partial charge in [0.1, 0.15) is 0 Å². The number of nitrogens with zero attached hydrogens (tertiary/aromatic N) is 1. The second-order valence-corrected chi connectivity index (χ2v) is 4.14. The SMILES string of the molecule is CCN(CC)CCC(O)C(C)CCOC. The van der Waals surface area contributed by atoms with Gasteiger partial charge in [0.05, 0.1) is 6.10 Å². The quantitative estimate of drug-likeness (QED) is 0.638. The second kappa shape index (κ2) is 9.13. The van der Waals surface area contributed by atoms with Crippen molar-refractivity contribution in [3.63, 3.8) is 0 Å². The summed E-state index contributed by atoms with van der Waals surface area (Å²) in [6.45, 7) is 10.3. The van der Waals surface area contributed by atoms with Gasteiger partial charge < -0.3 is 14.7 Å². The molecule has 15 heavy (non-hydrogen) atoms. The average Bonchev–Trinajstić information content (AvgIpc) is 2.26. The molecule has 2 atom stereocenters.